The maximum Gasteiger partial charge on any atom is 0.293 e. The summed E-state index contributed by atoms with van der Waals surface area (Å²) in [5, 5.41) is 0. The van der Waals surface area contributed by atoms with E-state index in [9.17, 15) is 13.2 Å². The summed E-state index contributed by atoms with van der Waals surface area (Å²) in [5.74, 6) is -3.79. The third kappa shape index (κ3) is 3.21. The zero-order valence-corrected chi connectivity index (χ0v) is 7.21. The summed E-state index contributed by atoms with van der Waals surface area (Å²) in [6, 6.07) is 0.972. The van der Waals surface area contributed by atoms with Crippen molar-refractivity contribution in [3.8, 4) is 5.75 Å². The van der Waals surface area contributed by atoms with Crippen LogP contribution in [0.5, 0.6) is 5.75 Å². The molecule has 0 atom stereocenters. The highest BCUT2D eigenvalue weighted by Gasteiger charge is 2.27. The van der Waals surface area contributed by atoms with Crippen molar-refractivity contribution in [2.75, 3.05) is 13.2 Å². The largest absolute Gasteiger partial charge is 0.486 e. The Morgan fingerprint density at radius 3 is 2.71 bits per heavy atom. The molecule has 0 saturated carbocycles. The van der Waals surface area contributed by atoms with Gasteiger partial charge in [0.2, 0.25) is 0 Å². The van der Waals surface area contributed by atoms with Gasteiger partial charge in [-0.25, -0.2) is 13.2 Å². The molecular weight excluding hydrogens is 197 g/mol. The molecule has 0 amide bonds. The minimum atomic E-state index is -3.10. The summed E-state index contributed by atoms with van der Waals surface area (Å²) in [6.07, 6.45) is 2.10. The van der Waals surface area contributed by atoms with Crippen molar-refractivity contribution < 1.29 is 17.9 Å². The number of nitrogens with zero attached hydrogens (tertiary/aromatic N) is 1. The third-order valence-corrected chi connectivity index (χ3v) is 1.43. The molecule has 2 N–H and O–H groups in total. The summed E-state index contributed by atoms with van der Waals surface area (Å²) in [4.78, 5) is 3.43. The van der Waals surface area contributed by atoms with Gasteiger partial charge in [-0.15, -0.1) is 0 Å². The first-order valence-electron chi connectivity index (χ1n) is 3.85. The quantitative estimate of drug-likeness (QED) is 0.805. The molecule has 78 valence electrons. The van der Waals surface area contributed by atoms with Gasteiger partial charge in [0.05, 0.1) is 18.9 Å². The van der Waals surface area contributed by atoms with Crippen molar-refractivity contribution in [1.29, 1.82) is 0 Å². The fourth-order valence-electron chi connectivity index (χ4n) is 0.719. The lowest BCUT2D eigenvalue weighted by atomic mass is 10.3. The molecule has 0 unspecified atom stereocenters. The second kappa shape index (κ2) is 4.28. The van der Waals surface area contributed by atoms with Gasteiger partial charge in [0.15, 0.2) is 6.61 Å². The minimum absolute atomic E-state index is 0.0434. The molecule has 0 bridgehead atoms. The Labute approximate surface area is 78.7 Å². The second-order valence-electron chi connectivity index (χ2n) is 2.69. The van der Waals surface area contributed by atoms with E-state index in [1.807, 2.05) is 0 Å². The van der Waals surface area contributed by atoms with E-state index in [0.29, 0.717) is 0 Å². The molecule has 0 radical (unpaired) electrons. The molecule has 14 heavy (non-hydrogen) atoms. The van der Waals surface area contributed by atoms with E-state index in [2.05, 4.69) is 9.72 Å². The van der Waals surface area contributed by atoms with Crippen LogP contribution in [-0.4, -0.2) is 24.1 Å². The van der Waals surface area contributed by atoms with E-state index in [1.165, 1.54) is 0 Å². The zero-order valence-electron chi connectivity index (χ0n) is 7.21. The molecule has 0 saturated heterocycles. The van der Waals surface area contributed by atoms with Crippen LogP contribution in [0.2, 0.25) is 0 Å². The molecule has 1 aromatic rings. The predicted octanol–water partition coefficient (Wildman–Crippen LogP) is 1.19. The minimum Gasteiger partial charge on any atom is -0.486 e. The van der Waals surface area contributed by atoms with E-state index in [0.717, 1.165) is 18.5 Å². The van der Waals surface area contributed by atoms with Gasteiger partial charge in [0, 0.05) is 6.07 Å². The Morgan fingerprint density at radius 1 is 1.43 bits per heavy atom. The average Bonchev–Trinajstić information content (AvgIpc) is 2.15. The fourth-order valence-corrected chi connectivity index (χ4v) is 0.719. The van der Waals surface area contributed by atoms with Gasteiger partial charge >= 0.3 is 0 Å². The van der Waals surface area contributed by atoms with Crippen molar-refractivity contribution in [1.82, 2.24) is 4.98 Å². The van der Waals surface area contributed by atoms with E-state index >= 15 is 0 Å². The zero-order chi connectivity index (χ0) is 10.6. The molecule has 1 heterocycles. The number of hydrogen-bond acceptors (Lipinski definition) is 3. The molecule has 6 heteroatoms. The number of ether oxygens (including phenoxy) is 1. The first-order chi connectivity index (χ1) is 6.53. The smallest absolute Gasteiger partial charge is 0.293 e. The van der Waals surface area contributed by atoms with Crippen molar-refractivity contribution in [2.24, 2.45) is 5.73 Å². The molecular formula is C8H9F3N2O. The normalized spacial score (nSPS) is 11.4. The highest BCUT2D eigenvalue weighted by molar-refractivity contribution is 5.16. The lowest BCUT2D eigenvalue weighted by molar-refractivity contribution is -0.0321. The van der Waals surface area contributed by atoms with Crippen LogP contribution in [0, 0.1) is 5.82 Å². The Hall–Kier alpha value is -1.30. The number of pyridine rings is 1. The number of rotatable bonds is 4. The molecule has 0 aliphatic rings. The summed E-state index contributed by atoms with van der Waals surface area (Å²) in [7, 11) is 0. The Morgan fingerprint density at radius 2 is 2.14 bits per heavy atom. The summed E-state index contributed by atoms with van der Waals surface area (Å²) >= 11 is 0. The Kier molecular flexibility index (Phi) is 3.29. The van der Waals surface area contributed by atoms with Crippen molar-refractivity contribution in [2.45, 2.75) is 5.92 Å². The van der Waals surface area contributed by atoms with E-state index in [1.54, 1.807) is 0 Å². The number of nitrogens with two attached hydrogens (primary N) is 1. The molecule has 0 spiro atoms. The van der Waals surface area contributed by atoms with Gasteiger partial charge in [-0.1, -0.05) is 0 Å². The monoisotopic (exact) mass is 206 g/mol. The number of halogens is 3. The standard InChI is InChI=1S/C8H9F3N2O/c9-6-1-7(3-13-2-6)14-5-8(10,11)4-12/h1-3H,4-5,12H2. The molecule has 3 nitrogen and oxygen atoms in total. The third-order valence-electron chi connectivity index (χ3n) is 1.43. The molecule has 1 rings (SSSR count). The second-order valence-corrected chi connectivity index (χ2v) is 2.69. The van der Waals surface area contributed by atoms with Crippen molar-refractivity contribution in [3.63, 3.8) is 0 Å². The van der Waals surface area contributed by atoms with Gasteiger partial charge in [0.25, 0.3) is 5.92 Å². The molecule has 1 aromatic heterocycles. The van der Waals surface area contributed by atoms with Crippen LogP contribution in [0.15, 0.2) is 18.5 Å². The van der Waals surface area contributed by atoms with E-state index in [-0.39, 0.29) is 5.75 Å². The first-order valence-corrected chi connectivity index (χ1v) is 3.85. The van der Waals surface area contributed by atoms with Gasteiger partial charge in [0.1, 0.15) is 11.6 Å². The lowest BCUT2D eigenvalue weighted by Crippen LogP contribution is -2.34. The fraction of sp³-hybridized carbons (Fsp3) is 0.375. The summed E-state index contributed by atoms with van der Waals surface area (Å²) in [5.41, 5.74) is 4.78. The SMILES string of the molecule is NCC(F)(F)COc1cncc(F)c1. The van der Waals surface area contributed by atoms with Gasteiger partial charge in [-0.2, -0.15) is 0 Å². The summed E-state index contributed by atoms with van der Waals surface area (Å²) < 4.78 is 42.3. The van der Waals surface area contributed by atoms with Gasteiger partial charge < -0.3 is 10.5 Å². The maximum atomic E-state index is 12.6. The van der Waals surface area contributed by atoms with E-state index < -0.39 is 24.9 Å². The molecule has 0 aromatic carbocycles. The average molecular weight is 206 g/mol. The predicted molar refractivity (Wildman–Crippen MR) is 43.7 cm³/mol. The highest BCUT2D eigenvalue weighted by atomic mass is 19.3. The maximum absolute atomic E-state index is 12.6. The first kappa shape index (κ1) is 10.8. The summed E-state index contributed by atoms with van der Waals surface area (Å²) in [6.45, 7) is -1.69. The van der Waals surface area contributed by atoms with Crippen molar-refractivity contribution in [3.05, 3.63) is 24.3 Å². The van der Waals surface area contributed by atoms with Crippen LogP contribution < -0.4 is 10.5 Å². The van der Waals surface area contributed by atoms with Crippen LogP contribution in [0.4, 0.5) is 13.2 Å². The molecule has 0 aliphatic heterocycles. The van der Waals surface area contributed by atoms with Crippen LogP contribution in [-0.2, 0) is 0 Å². The van der Waals surface area contributed by atoms with Gasteiger partial charge in [-0.05, 0) is 0 Å². The van der Waals surface area contributed by atoms with Crippen LogP contribution in [0.25, 0.3) is 0 Å². The Balaban J connectivity index is 2.54. The number of hydrogen-bond donors (Lipinski definition) is 1. The number of alkyl halides is 2. The Bertz CT molecular complexity index is 306. The van der Waals surface area contributed by atoms with Crippen LogP contribution >= 0.6 is 0 Å². The number of aromatic nitrogens is 1. The topological polar surface area (TPSA) is 48.1 Å². The highest BCUT2D eigenvalue weighted by Crippen LogP contribution is 2.15. The van der Waals surface area contributed by atoms with Crippen LogP contribution in [0.3, 0.4) is 0 Å². The van der Waals surface area contributed by atoms with E-state index in [4.69, 9.17) is 5.73 Å². The lowest BCUT2D eigenvalue weighted by Gasteiger charge is -2.14. The van der Waals surface area contributed by atoms with Crippen LogP contribution in [0.1, 0.15) is 0 Å². The molecule has 0 aliphatic carbocycles. The molecule has 0 fully saturated rings. The van der Waals surface area contributed by atoms with Gasteiger partial charge in [-0.3, -0.25) is 4.98 Å². The van der Waals surface area contributed by atoms with Crippen molar-refractivity contribution >= 4 is 0 Å².